The fourth-order valence-electron chi connectivity index (χ4n) is 3.51. The van der Waals surface area contributed by atoms with E-state index in [1.165, 1.54) is 0 Å². The van der Waals surface area contributed by atoms with Gasteiger partial charge in [-0.2, -0.15) is 0 Å². The first-order chi connectivity index (χ1) is 13.7. The Bertz CT molecular complexity index is 923. The van der Waals surface area contributed by atoms with E-state index in [9.17, 15) is 0 Å². The second kappa shape index (κ2) is 9.05. The zero-order valence-electron chi connectivity index (χ0n) is 15.5. The van der Waals surface area contributed by atoms with E-state index < -0.39 is 0 Å². The highest BCUT2D eigenvalue weighted by molar-refractivity contribution is 6.42. The van der Waals surface area contributed by atoms with Crippen LogP contribution in [0.15, 0.2) is 49.1 Å². The average Bonchev–Trinajstić information content (AvgIpc) is 3.15. The summed E-state index contributed by atoms with van der Waals surface area (Å²) in [6, 6.07) is 9.66. The Labute approximate surface area is 174 Å². The van der Waals surface area contributed by atoms with Gasteiger partial charge < -0.3 is 9.30 Å². The number of imidazole rings is 1. The summed E-state index contributed by atoms with van der Waals surface area (Å²) in [6.45, 7) is 5.62. The predicted octanol–water partition coefficient (Wildman–Crippen LogP) is 4.64. The highest BCUT2D eigenvalue weighted by Gasteiger charge is 2.16. The molecule has 5 nitrogen and oxygen atoms in total. The number of halogens is 2. The van der Waals surface area contributed by atoms with E-state index in [1.54, 1.807) is 12.4 Å². The second-order valence-electron chi connectivity index (χ2n) is 6.81. The molecule has 3 heterocycles. The van der Waals surface area contributed by atoms with Crippen LogP contribution in [0, 0.1) is 0 Å². The van der Waals surface area contributed by atoms with E-state index in [2.05, 4.69) is 14.5 Å². The van der Waals surface area contributed by atoms with E-state index >= 15 is 0 Å². The number of pyridine rings is 1. The molecule has 28 heavy (non-hydrogen) atoms. The first-order valence-corrected chi connectivity index (χ1v) is 10.2. The van der Waals surface area contributed by atoms with Crippen molar-refractivity contribution in [3.8, 4) is 22.5 Å². The lowest BCUT2D eigenvalue weighted by Crippen LogP contribution is -2.37. The normalized spacial score (nSPS) is 15.1. The molecule has 1 fully saturated rings. The van der Waals surface area contributed by atoms with E-state index in [0.29, 0.717) is 10.0 Å². The lowest BCUT2D eigenvalue weighted by molar-refractivity contribution is 0.0369. The van der Waals surface area contributed by atoms with Gasteiger partial charge in [0, 0.05) is 49.7 Å². The van der Waals surface area contributed by atoms with Crippen molar-refractivity contribution < 1.29 is 4.74 Å². The average molecular weight is 417 g/mol. The zero-order chi connectivity index (χ0) is 19.3. The molecule has 0 saturated carbocycles. The molecule has 7 heteroatoms. The summed E-state index contributed by atoms with van der Waals surface area (Å²) in [7, 11) is 0. The molecule has 4 rings (SSSR count). The number of aryl methyl sites for hydroxylation is 1. The Balaban J connectivity index is 1.61. The van der Waals surface area contributed by atoms with Crippen molar-refractivity contribution in [1.29, 1.82) is 0 Å². The van der Waals surface area contributed by atoms with Crippen molar-refractivity contribution in [3.63, 3.8) is 0 Å². The van der Waals surface area contributed by atoms with Crippen LogP contribution in [0.4, 0.5) is 0 Å². The quantitative estimate of drug-likeness (QED) is 0.586. The summed E-state index contributed by atoms with van der Waals surface area (Å²) in [5.74, 6) is 0. The Hall–Kier alpha value is -1.92. The van der Waals surface area contributed by atoms with Gasteiger partial charge in [-0.15, -0.1) is 0 Å². The largest absolute Gasteiger partial charge is 0.379 e. The Morgan fingerprint density at radius 2 is 1.71 bits per heavy atom. The Kier molecular flexibility index (Phi) is 6.27. The molecule has 2 aromatic heterocycles. The van der Waals surface area contributed by atoms with Crippen molar-refractivity contribution >= 4 is 23.2 Å². The second-order valence-corrected chi connectivity index (χ2v) is 7.62. The van der Waals surface area contributed by atoms with Crippen molar-refractivity contribution in [2.45, 2.75) is 13.0 Å². The highest BCUT2D eigenvalue weighted by atomic mass is 35.5. The molecule has 0 N–H and O–H groups in total. The van der Waals surface area contributed by atoms with Gasteiger partial charge in [0.2, 0.25) is 0 Å². The number of morpholine rings is 1. The van der Waals surface area contributed by atoms with Gasteiger partial charge in [-0.3, -0.25) is 9.88 Å². The summed E-state index contributed by atoms with van der Waals surface area (Å²) in [5.41, 5.74) is 4.01. The number of hydrogen-bond acceptors (Lipinski definition) is 4. The standard InChI is InChI=1S/C21H22Cl2N4O/c22-18-3-2-17(14-19(18)23)20-21(16-4-6-24-7-5-16)27(15-25-20)9-1-8-26-10-12-28-13-11-26/h2-7,14-15H,1,8-13H2. The minimum atomic E-state index is 0.529. The van der Waals surface area contributed by atoms with E-state index in [0.717, 1.165) is 68.3 Å². The first kappa shape index (κ1) is 19.4. The molecular formula is C21H22Cl2N4O. The molecular weight excluding hydrogens is 395 g/mol. The summed E-state index contributed by atoms with van der Waals surface area (Å²) < 4.78 is 7.64. The van der Waals surface area contributed by atoms with Crippen LogP contribution in [0.25, 0.3) is 22.5 Å². The highest BCUT2D eigenvalue weighted by Crippen LogP contribution is 2.34. The molecule has 3 aromatic rings. The van der Waals surface area contributed by atoms with Crippen LogP contribution in [-0.4, -0.2) is 52.3 Å². The van der Waals surface area contributed by atoms with Crippen molar-refractivity contribution in [2.24, 2.45) is 0 Å². The molecule has 1 aliphatic rings. The summed E-state index contributed by atoms with van der Waals surface area (Å²) >= 11 is 12.3. The third-order valence-corrected chi connectivity index (χ3v) is 5.70. The molecule has 0 unspecified atom stereocenters. The zero-order valence-corrected chi connectivity index (χ0v) is 17.0. The smallest absolute Gasteiger partial charge is 0.0963 e. The minimum Gasteiger partial charge on any atom is -0.379 e. The first-order valence-electron chi connectivity index (χ1n) is 9.43. The number of aromatic nitrogens is 3. The van der Waals surface area contributed by atoms with Crippen molar-refractivity contribution in [2.75, 3.05) is 32.8 Å². The summed E-state index contributed by atoms with van der Waals surface area (Å²) in [6.07, 6.45) is 6.57. The fraction of sp³-hybridized carbons (Fsp3) is 0.333. The Morgan fingerprint density at radius 1 is 0.929 bits per heavy atom. The molecule has 0 aliphatic carbocycles. The van der Waals surface area contributed by atoms with Crippen LogP contribution in [0.3, 0.4) is 0 Å². The summed E-state index contributed by atoms with van der Waals surface area (Å²) in [5, 5.41) is 1.07. The number of rotatable bonds is 6. The fourth-order valence-corrected chi connectivity index (χ4v) is 3.81. The van der Waals surface area contributed by atoms with Gasteiger partial charge in [-0.05, 0) is 30.7 Å². The van der Waals surface area contributed by atoms with Crippen molar-refractivity contribution in [1.82, 2.24) is 19.4 Å². The maximum Gasteiger partial charge on any atom is 0.0963 e. The molecule has 0 bridgehead atoms. The summed E-state index contributed by atoms with van der Waals surface area (Å²) in [4.78, 5) is 11.3. The van der Waals surface area contributed by atoms with Gasteiger partial charge in [0.1, 0.15) is 0 Å². The molecule has 1 aromatic carbocycles. The van der Waals surface area contributed by atoms with Crippen LogP contribution in [-0.2, 0) is 11.3 Å². The van der Waals surface area contributed by atoms with Gasteiger partial charge in [-0.1, -0.05) is 29.3 Å². The predicted molar refractivity (Wildman–Crippen MR) is 113 cm³/mol. The van der Waals surface area contributed by atoms with Crippen molar-refractivity contribution in [3.05, 3.63) is 59.1 Å². The van der Waals surface area contributed by atoms with Crippen LogP contribution in [0.5, 0.6) is 0 Å². The van der Waals surface area contributed by atoms with E-state index in [4.69, 9.17) is 32.9 Å². The molecule has 0 atom stereocenters. The molecule has 146 valence electrons. The third kappa shape index (κ3) is 4.39. The molecule has 0 spiro atoms. The van der Waals surface area contributed by atoms with Gasteiger partial charge in [0.05, 0.1) is 41.0 Å². The number of ether oxygens (including phenoxy) is 1. The number of nitrogens with zero attached hydrogens (tertiary/aromatic N) is 4. The Morgan fingerprint density at radius 3 is 2.46 bits per heavy atom. The van der Waals surface area contributed by atoms with Crippen LogP contribution in [0.2, 0.25) is 10.0 Å². The van der Waals surface area contributed by atoms with Crippen LogP contribution in [0.1, 0.15) is 6.42 Å². The van der Waals surface area contributed by atoms with Gasteiger partial charge in [0.25, 0.3) is 0 Å². The van der Waals surface area contributed by atoms with E-state index in [-0.39, 0.29) is 0 Å². The topological polar surface area (TPSA) is 43.2 Å². The minimum absolute atomic E-state index is 0.529. The SMILES string of the molecule is Clc1ccc(-c2ncn(CCCN3CCOCC3)c2-c2ccncc2)cc1Cl. The monoisotopic (exact) mass is 416 g/mol. The molecule has 0 amide bonds. The van der Waals surface area contributed by atoms with Crippen LogP contribution >= 0.6 is 23.2 Å². The number of benzene rings is 1. The lowest BCUT2D eigenvalue weighted by atomic mass is 10.1. The van der Waals surface area contributed by atoms with Gasteiger partial charge in [0.15, 0.2) is 0 Å². The van der Waals surface area contributed by atoms with Gasteiger partial charge in [-0.25, -0.2) is 4.98 Å². The van der Waals surface area contributed by atoms with Crippen LogP contribution < -0.4 is 0 Å². The third-order valence-electron chi connectivity index (χ3n) is 4.96. The molecule has 1 saturated heterocycles. The maximum absolute atomic E-state index is 6.25. The molecule has 0 radical (unpaired) electrons. The molecule has 1 aliphatic heterocycles. The maximum atomic E-state index is 6.25. The number of hydrogen-bond donors (Lipinski definition) is 0. The lowest BCUT2D eigenvalue weighted by Gasteiger charge is -2.26. The van der Waals surface area contributed by atoms with E-state index in [1.807, 2.05) is 36.7 Å². The van der Waals surface area contributed by atoms with Gasteiger partial charge >= 0.3 is 0 Å².